The van der Waals surface area contributed by atoms with E-state index in [1.54, 1.807) is 25.7 Å². The number of benzene rings is 1. The normalized spacial score (nSPS) is 15.6. The number of H-pyrrole nitrogens is 1. The number of hydrogen-bond donors (Lipinski definition) is 2. The predicted molar refractivity (Wildman–Crippen MR) is 105 cm³/mol. The summed E-state index contributed by atoms with van der Waals surface area (Å²) < 4.78 is 5.68. The highest BCUT2D eigenvalue weighted by Gasteiger charge is 2.20. The van der Waals surface area contributed by atoms with Gasteiger partial charge < -0.3 is 15.0 Å². The fraction of sp³-hybridized carbons (Fsp3) is 0.350. The molecular weight excluding hydrogens is 340 g/mol. The molecule has 2 aromatic heterocycles. The summed E-state index contributed by atoms with van der Waals surface area (Å²) in [4.78, 5) is 10.6. The van der Waals surface area contributed by atoms with E-state index >= 15 is 0 Å². The Balaban J connectivity index is 1.55. The van der Waals surface area contributed by atoms with Gasteiger partial charge in [-0.3, -0.25) is 10.1 Å². The number of ether oxygens (including phenoxy) is 1. The van der Waals surface area contributed by atoms with Crippen LogP contribution in [0.25, 0.3) is 11.3 Å². The highest BCUT2D eigenvalue weighted by molar-refractivity contribution is 5.71. The number of aromatic nitrogens is 4. The Kier molecular flexibility index (Phi) is 5.02. The molecule has 1 aliphatic rings. The van der Waals surface area contributed by atoms with Gasteiger partial charge >= 0.3 is 0 Å². The highest BCUT2D eigenvalue weighted by Crippen LogP contribution is 2.35. The van der Waals surface area contributed by atoms with Crippen molar-refractivity contribution in [3.8, 4) is 17.0 Å². The van der Waals surface area contributed by atoms with Gasteiger partial charge in [0.1, 0.15) is 11.6 Å². The molecule has 0 spiro atoms. The minimum absolute atomic E-state index is 0.597. The molecule has 0 saturated carbocycles. The number of nitrogens with one attached hydrogen (secondary N) is 2. The van der Waals surface area contributed by atoms with Gasteiger partial charge in [0.25, 0.3) is 0 Å². The minimum atomic E-state index is 0.597. The monoisotopic (exact) mass is 364 g/mol. The van der Waals surface area contributed by atoms with Crippen LogP contribution in [0.3, 0.4) is 0 Å². The lowest BCUT2D eigenvalue weighted by molar-refractivity contribution is 0.255. The molecule has 3 heterocycles. The summed E-state index contributed by atoms with van der Waals surface area (Å²) in [6.45, 7) is 2.29. The summed E-state index contributed by atoms with van der Waals surface area (Å²) in [6, 6.07) is 8.44. The summed E-state index contributed by atoms with van der Waals surface area (Å²) in [5.74, 6) is 2.80. The molecule has 7 heteroatoms. The van der Waals surface area contributed by atoms with Crippen molar-refractivity contribution in [3.05, 3.63) is 48.4 Å². The van der Waals surface area contributed by atoms with E-state index in [1.165, 1.54) is 18.4 Å². The third-order valence-corrected chi connectivity index (χ3v) is 5.10. The third-order valence-electron chi connectivity index (χ3n) is 5.10. The van der Waals surface area contributed by atoms with Crippen LogP contribution in [-0.2, 0) is 0 Å². The highest BCUT2D eigenvalue weighted by atomic mass is 16.5. The Hall–Kier alpha value is -2.93. The standard InChI is InChI=1S/C20H24N6O/c1-26-9-5-14(6-10-26)15-3-4-16(18(11-15)27-2)17-12-19(25-24-17)23-20-13-21-7-8-22-20/h3-4,7-8,11-14H,5-6,9-10H2,1-2H3,(H2,22,23,24,25). The summed E-state index contributed by atoms with van der Waals surface area (Å²) >= 11 is 0. The Bertz CT molecular complexity index is 886. The van der Waals surface area contributed by atoms with Crippen LogP contribution in [0.2, 0.25) is 0 Å². The van der Waals surface area contributed by atoms with Crippen LogP contribution in [0.5, 0.6) is 5.75 Å². The molecule has 0 aliphatic carbocycles. The van der Waals surface area contributed by atoms with Crippen LogP contribution in [-0.4, -0.2) is 52.3 Å². The maximum Gasteiger partial charge on any atom is 0.153 e. The van der Waals surface area contributed by atoms with Crippen molar-refractivity contribution in [2.45, 2.75) is 18.8 Å². The van der Waals surface area contributed by atoms with Crippen LogP contribution in [0.1, 0.15) is 24.3 Å². The maximum atomic E-state index is 5.68. The lowest BCUT2D eigenvalue weighted by Gasteiger charge is -2.29. The van der Waals surface area contributed by atoms with Gasteiger partial charge in [-0.15, -0.1) is 0 Å². The van der Waals surface area contributed by atoms with Gasteiger partial charge in [-0.25, -0.2) is 4.98 Å². The maximum absolute atomic E-state index is 5.68. The molecular formula is C20H24N6O. The Morgan fingerprint density at radius 2 is 2.00 bits per heavy atom. The van der Waals surface area contributed by atoms with Gasteiger partial charge in [0.05, 0.1) is 19.0 Å². The van der Waals surface area contributed by atoms with Gasteiger partial charge in [-0.2, -0.15) is 5.10 Å². The molecule has 0 bridgehead atoms. The van der Waals surface area contributed by atoms with E-state index in [0.717, 1.165) is 30.1 Å². The number of anilines is 2. The summed E-state index contributed by atoms with van der Waals surface area (Å²) in [5, 5.41) is 10.5. The first-order valence-corrected chi connectivity index (χ1v) is 9.18. The zero-order valence-corrected chi connectivity index (χ0v) is 15.6. The van der Waals surface area contributed by atoms with E-state index in [0.29, 0.717) is 17.6 Å². The third kappa shape index (κ3) is 3.93. The van der Waals surface area contributed by atoms with Gasteiger partial charge in [0.15, 0.2) is 5.82 Å². The Labute approximate surface area is 158 Å². The van der Waals surface area contributed by atoms with Crippen molar-refractivity contribution in [1.82, 2.24) is 25.1 Å². The molecule has 0 radical (unpaired) electrons. The lowest BCUT2D eigenvalue weighted by atomic mass is 9.88. The molecule has 27 heavy (non-hydrogen) atoms. The molecule has 1 saturated heterocycles. The van der Waals surface area contributed by atoms with E-state index in [9.17, 15) is 0 Å². The van der Waals surface area contributed by atoms with Crippen molar-refractivity contribution < 1.29 is 4.74 Å². The zero-order chi connectivity index (χ0) is 18.6. The average molecular weight is 364 g/mol. The molecule has 0 atom stereocenters. The number of piperidine rings is 1. The number of nitrogens with zero attached hydrogens (tertiary/aromatic N) is 4. The van der Waals surface area contributed by atoms with Crippen molar-refractivity contribution in [2.75, 3.05) is 32.6 Å². The van der Waals surface area contributed by atoms with E-state index in [4.69, 9.17) is 4.74 Å². The van der Waals surface area contributed by atoms with Crippen LogP contribution < -0.4 is 10.1 Å². The SMILES string of the molecule is COc1cc(C2CCN(C)CC2)ccc1-c1cc(Nc2cnccn2)n[nH]1. The van der Waals surface area contributed by atoms with Gasteiger partial charge in [-0.05, 0) is 56.6 Å². The van der Waals surface area contributed by atoms with Crippen molar-refractivity contribution in [2.24, 2.45) is 0 Å². The van der Waals surface area contributed by atoms with Crippen molar-refractivity contribution in [1.29, 1.82) is 0 Å². The number of rotatable bonds is 5. The second-order valence-electron chi connectivity index (χ2n) is 6.92. The van der Waals surface area contributed by atoms with Gasteiger partial charge in [0, 0.05) is 24.0 Å². The molecule has 3 aromatic rings. The first-order chi connectivity index (χ1) is 13.2. The topological polar surface area (TPSA) is 79.0 Å². The average Bonchev–Trinajstić information content (AvgIpc) is 3.17. The smallest absolute Gasteiger partial charge is 0.153 e. The second kappa shape index (κ2) is 7.75. The second-order valence-corrected chi connectivity index (χ2v) is 6.92. The molecule has 1 fully saturated rings. The molecule has 7 nitrogen and oxygen atoms in total. The lowest BCUT2D eigenvalue weighted by Crippen LogP contribution is -2.29. The van der Waals surface area contributed by atoms with Crippen LogP contribution in [0, 0.1) is 0 Å². The van der Waals surface area contributed by atoms with E-state index in [-0.39, 0.29) is 0 Å². The summed E-state index contributed by atoms with van der Waals surface area (Å²) in [6.07, 6.45) is 7.31. The van der Waals surface area contributed by atoms with E-state index in [2.05, 4.69) is 55.6 Å². The molecule has 4 rings (SSSR count). The van der Waals surface area contributed by atoms with Crippen LogP contribution in [0.4, 0.5) is 11.6 Å². The minimum Gasteiger partial charge on any atom is -0.496 e. The van der Waals surface area contributed by atoms with E-state index < -0.39 is 0 Å². The largest absolute Gasteiger partial charge is 0.496 e. The van der Waals surface area contributed by atoms with Crippen LogP contribution >= 0.6 is 0 Å². The Morgan fingerprint density at radius 1 is 1.15 bits per heavy atom. The number of hydrogen-bond acceptors (Lipinski definition) is 6. The first-order valence-electron chi connectivity index (χ1n) is 9.18. The molecule has 0 amide bonds. The number of methoxy groups -OCH3 is 1. The predicted octanol–water partition coefficient (Wildman–Crippen LogP) is 3.43. The number of likely N-dealkylation sites (tertiary alicyclic amines) is 1. The van der Waals surface area contributed by atoms with Crippen molar-refractivity contribution >= 4 is 11.6 Å². The van der Waals surface area contributed by atoms with Gasteiger partial charge in [0.2, 0.25) is 0 Å². The summed E-state index contributed by atoms with van der Waals surface area (Å²) in [7, 11) is 3.90. The number of aromatic amines is 1. The summed E-state index contributed by atoms with van der Waals surface area (Å²) in [5.41, 5.74) is 3.24. The molecule has 0 unspecified atom stereocenters. The zero-order valence-electron chi connectivity index (χ0n) is 15.6. The quantitative estimate of drug-likeness (QED) is 0.722. The Morgan fingerprint density at radius 3 is 2.74 bits per heavy atom. The molecule has 1 aliphatic heterocycles. The molecule has 2 N–H and O–H groups in total. The molecule has 140 valence electrons. The fourth-order valence-corrected chi connectivity index (χ4v) is 3.54. The van der Waals surface area contributed by atoms with Crippen LogP contribution in [0.15, 0.2) is 42.9 Å². The van der Waals surface area contributed by atoms with E-state index in [1.807, 2.05) is 6.07 Å². The molecule has 1 aromatic carbocycles. The van der Waals surface area contributed by atoms with Gasteiger partial charge in [-0.1, -0.05) is 6.07 Å². The van der Waals surface area contributed by atoms with Crippen molar-refractivity contribution in [3.63, 3.8) is 0 Å². The first kappa shape index (κ1) is 17.5. The fourth-order valence-electron chi connectivity index (χ4n) is 3.54.